The van der Waals surface area contributed by atoms with Crippen LogP contribution in [0.4, 0.5) is 0 Å². The molecule has 2 rings (SSSR count). The quantitative estimate of drug-likeness (QED) is 0.753. The minimum Gasteiger partial charge on any atom is -0.355 e. The second-order valence-corrected chi connectivity index (χ2v) is 5.99. The Bertz CT molecular complexity index is 766. The van der Waals surface area contributed by atoms with Crippen LogP contribution >= 0.6 is 0 Å². The van der Waals surface area contributed by atoms with E-state index in [1.807, 2.05) is 31.2 Å². The molecule has 25 heavy (non-hydrogen) atoms. The van der Waals surface area contributed by atoms with Crippen molar-refractivity contribution in [1.82, 2.24) is 20.0 Å². The van der Waals surface area contributed by atoms with Gasteiger partial charge in [0.15, 0.2) is 0 Å². The molecule has 136 valence electrons. The van der Waals surface area contributed by atoms with E-state index in [0.717, 1.165) is 30.7 Å². The first-order valence-electron chi connectivity index (χ1n) is 9.08. The number of benzene rings is 1. The van der Waals surface area contributed by atoms with Crippen LogP contribution < -0.4 is 10.9 Å². The van der Waals surface area contributed by atoms with E-state index in [9.17, 15) is 9.59 Å². The smallest absolute Gasteiger partial charge is 0.274 e. The highest BCUT2D eigenvalue weighted by atomic mass is 16.1. The summed E-state index contributed by atoms with van der Waals surface area (Å²) < 4.78 is 1.47. The Balaban J connectivity index is 2.02. The fourth-order valence-corrected chi connectivity index (χ4v) is 2.92. The van der Waals surface area contributed by atoms with Gasteiger partial charge in [-0.3, -0.25) is 9.59 Å². The Labute approximate surface area is 148 Å². The van der Waals surface area contributed by atoms with Gasteiger partial charge in [-0.25, -0.2) is 4.68 Å². The van der Waals surface area contributed by atoms with Crippen LogP contribution in [-0.2, 0) is 17.8 Å². The molecule has 0 aliphatic heterocycles. The second kappa shape index (κ2) is 9.32. The molecule has 0 saturated heterocycles. The Morgan fingerprint density at radius 1 is 1.16 bits per heavy atom. The zero-order valence-corrected chi connectivity index (χ0v) is 15.4. The van der Waals surface area contributed by atoms with E-state index in [1.54, 1.807) is 0 Å². The lowest BCUT2D eigenvalue weighted by molar-refractivity contribution is -0.121. The molecule has 6 heteroatoms. The van der Waals surface area contributed by atoms with Gasteiger partial charge in [0, 0.05) is 37.9 Å². The number of fused-ring (bicyclic) bond motifs is 1. The minimum absolute atomic E-state index is 0.0206. The van der Waals surface area contributed by atoms with E-state index in [1.165, 1.54) is 4.68 Å². The molecule has 0 aliphatic carbocycles. The van der Waals surface area contributed by atoms with Crippen LogP contribution in [0.5, 0.6) is 0 Å². The Morgan fingerprint density at radius 3 is 2.48 bits per heavy atom. The summed E-state index contributed by atoms with van der Waals surface area (Å²) in [4.78, 5) is 26.7. The molecule has 0 radical (unpaired) electrons. The summed E-state index contributed by atoms with van der Waals surface area (Å²) in [5.74, 6) is 0.0206. The summed E-state index contributed by atoms with van der Waals surface area (Å²) in [6.45, 7) is 10.1. The summed E-state index contributed by atoms with van der Waals surface area (Å²) in [7, 11) is 0. The summed E-state index contributed by atoms with van der Waals surface area (Å²) in [6.07, 6.45) is 0.898. The normalized spacial score (nSPS) is 11.2. The predicted molar refractivity (Wildman–Crippen MR) is 101 cm³/mol. The van der Waals surface area contributed by atoms with Crippen LogP contribution in [0.25, 0.3) is 10.8 Å². The molecule has 0 spiro atoms. The fourth-order valence-electron chi connectivity index (χ4n) is 2.92. The zero-order chi connectivity index (χ0) is 18.2. The van der Waals surface area contributed by atoms with E-state index < -0.39 is 0 Å². The van der Waals surface area contributed by atoms with Crippen LogP contribution in [0.2, 0.25) is 0 Å². The summed E-state index contributed by atoms with van der Waals surface area (Å²) in [6, 6.07) is 7.47. The number of carbonyl (C=O) groups excluding carboxylic acids is 1. The number of hydrogen-bond acceptors (Lipinski definition) is 4. The Morgan fingerprint density at radius 2 is 1.84 bits per heavy atom. The van der Waals surface area contributed by atoms with E-state index in [2.05, 4.69) is 29.2 Å². The lowest BCUT2D eigenvalue weighted by Crippen LogP contribution is -2.35. The molecule has 2 aromatic rings. The van der Waals surface area contributed by atoms with E-state index in [0.29, 0.717) is 31.3 Å². The first-order valence-corrected chi connectivity index (χ1v) is 9.08. The van der Waals surface area contributed by atoms with Crippen molar-refractivity contribution in [2.75, 3.05) is 26.2 Å². The van der Waals surface area contributed by atoms with Crippen molar-refractivity contribution in [2.45, 2.75) is 40.2 Å². The van der Waals surface area contributed by atoms with Crippen molar-refractivity contribution >= 4 is 16.7 Å². The van der Waals surface area contributed by atoms with Gasteiger partial charge in [0.2, 0.25) is 5.91 Å². The van der Waals surface area contributed by atoms with Gasteiger partial charge in [0.05, 0.1) is 11.1 Å². The second-order valence-electron chi connectivity index (χ2n) is 5.99. The molecule has 0 bridgehead atoms. The number of nitrogens with zero attached hydrogens (tertiary/aromatic N) is 3. The fraction of sp³-hybridized carbons (Fsp3) is 0.526. The molecular weight excluding hydrogens is 316 g/mol. The van der Waals surface area contributed by atoms with Gasteiger partial charge in [-0.05, 0) is 26.1 Å². The summed E-state index contributed by atoms with van der Waals surface area (Å²) in [5.41, 5.74) is 0.724. The number of aryl methyl sites for hydroxylation is 2. The van der Waals surface area contributed by atoms with Crippen LogP contribution in [0, 0.1) is 0 Å². The van der Waals surface area contributed by atoms with E-state index >= 15 is 0 Å². The number of hydrogen-bond donors (Lipinski definition) is 1. The van der Waals surface area contributed by atoms with Gasteiger partial charge in [-0.1, -0.05) is 32.0 Å². The van der Waals surface area contributed by atoms with Gasteiger partial charge in [0.1, 0.15) is 0 Å². The highest BCUT2D eigenvalue weighted by Crippen LogP contribution is 2.14. The number of likely N-dealkylation sites (N-methyl/N-ethyl adjacent to an activating group) is 1. The standard InChI is InChI=1S/C19H28N4O2/c1-4-22(5-2)14-13-20-18(24)12-11-17-15-9-7-8-10-16(15)19(25)23(6-3)21-17/h7-10H,4-6,11-14H2,1-3H3,(H,20,24). The van der Waals surface area contributed by atoms with E-state index in [4.69, 9.17) is 0 Å². The molecule has 1 aromatic carbocycles. The van der Waals surface area contributed by atoms with Crippen LogP contribution in [0.1, 0.15) is 32.9 Å². The average Bonchev–Trinajstić information content (AvgIpc) is 2.65. The topological polar surface area (TPSA) is 67.2 Å². The predicted octanol–water partition coefficient (Wildman–Crippen LogP) is 1.81. The number of carbonyl (C=O) groups is 1. The molecular formula is C19H28N4O2. The van der Waals surface area contributed by atoms with Crippen LogP contribution in [-0.4, -0.2) is 46.8 Å². The van der Waals surface area contributed by atoms with Crippen molar-refractivity contribution in [3.63, 3.8) is 0 Å². The van der Waals surface area contributed by atoms with Crippen LogP contribution in [0.3, 0.4) is 0 Å². The summed E-state index contributed by atoms with van der Waals surface area (Å²) in [5, 5.41) is 8.91. The van der Waals surface area contributed by atoms with Crippen molar-refractivity contribution in [2.24, 2.45) is 0 Å². The molecule has 1 aromatic heterocycles. The molecule has 1 N–H and O–H groups in total. The maximum Gasteiger partial charge on any atom is 0.274 e. The molecule has 0 unspecified atom stereocenters. The monoisotopic (exact) mass is 344 g/mol. The maximum atomic E-state index is 12.3. The molecule has 0 saturated carbocycles. The highest BCUT2D eigenvalue weighted by Gasteiger charge is 2.11. The third kappa shape index (κ3) is 4.89. The van der Waals surface area contributed by atoms with Crippen molar-refractivity contribution < 1.29 is 4.79 Å². The van der Waals surface area contributed by atoms with Gasteiger partial charge in [0.25, 0.3) is 5.56 Å². The van der Waals surface area contributed by atoms with Crippen molar-refractivity contribution in [3.8, 4) is 0 Å². The van der Waals surface area contributed by atoms with Gasteiger partial charge in [-0.2, -0.15) is 5.10 Å². The largest absolute Gasteiger partial charge is 0.355 e. The number of rotatable bonds is 9. The van der Waals surface area contributed by atoms with Crippen molar-refractivity contribution in [3.05, 3.63) is 40.3 Å². The highest BCUT2D eigenvalue weighted by molar-refractivity contribution is 5.84. The average molecular weight is 344 g/mol. The maximum absolute atomic E-state index is 12.3. The Kier molecular flexibility index (Phi) is 7.13. The third-order valence-electron chi connectivity index (χ3n) is 4.48. The number of nitrogens with one attached hydrogen (secondary N) is 1. The van der Waals surface area contributed by atoms with E-state index in [-0.39, 0.29) is 11.5 Å². The van der Waals surface area contributed by atoms with Crippen LogP contribution in [0.15, 0.2) is 29.1 Å². The summed E-state index contributed by atoms with van der Waals surface area (Å²) >= 11 is 0. The zero-order valence-electron chi connectivity index (χ0n) is 15.4. The third-order valence-corrected chi connectivity index (χ3v) is 4.48. The van der Waals surface area contributed by atoms with Gasteiger partial charge < -0.3 is 10.2 Å². The lowest BCUT2D eigenvalue weighted by Gasteiger charge is -2.18. The molecule has 1 heterocycles. The van der Waals surface area contributed by atoms with Gasteiger partial charge >= 0.3 is 0 Å². The first kappa shape index (κ1) is 19.1. The SMILES string of the molecule is CCN(CC)CCNC(=O)CCc1nn(CC)c(=O)c2ccccc12. The first-order chi connectivity index (χ1) is 12.1. The minimum atomic E-state index is -0.0782. The molecule has 0 aliphatic rings. The van der Waals surface area contributed by atoms with Crippen molar-refractivity contribution in [1.29, 1.82) is 0 Å². The lowest BCUT2D eigenvalue weighted by atomic mass is 10.1. The number of amides is 1. The molecule has 6 nitrogen and oxygen atoms in total. The molecule has 1 amide bonds. The van der Waals surface area contributed by atoms with Gasteiger partial charge in [-0.15, -0.1) is 0 Å². The number of aromatic nitrogens is 2. The molecule has 0 atom stereocenters. The Hall–Kier alpha value is -2.21. The molecule has 0 fully saturated rings.